The Hall–Kier alpha value is -0.120. The molecule has 1 aliphatic heterocycles. The minimum absolute atomic E-state index is 0.483. The van der Waals surface area contributed by atoms with Crippen molar-refractivity contribution in [1.82, 2.24) is 10.2 Å². The molecule has 114 valence electrons. The summed E-state index contributed by atoms with van der Waals surface area (Å²) in [5, 5.41) is 3.46. The van der Waals surface area contributed by atoms with Gasteiger partial charge in [0.1, 0.15) is 0 Å². The monoisotopic (exact) mass is 270 g/mol. The molecule has 0 spiro atoms. The molecular weight excluding hydrogens is 236 g/mol. The summed E-state index contributed by atoms with van der Waals surface area (Å²) >= 11 is 0. The van der Waals surface area contributed by atoms with E-state index in [-0.39, 0.29) is 0 Å². The maximum Gasteiger partial charge on any atom is 0.0702 e. The van der Waals surface area contributed by atoms with Crippen molar-refractivity contribution in [2.24, 2.45) is 5.92 Å². The zero-order chi connectivity index (χ0) is 13.9. The van der Waals surface area contributed by atoms with Crippen molar-refractivity contribution >= 4 is 0 Å². The second-order valence-electron chi connectivity index (χ2n) is 6.25. The molecule has 1 aliphatic rings. The molecule has 0 radical (unpaired) electrons. The lowest BCUT2D eigenvalue weighted by molar-refractivity contribution is -0.0360. The Labute approximate surface area is 120 Å². The number of nitrogens with one attached hydrogen (secondary N) is 1. The summed E-state index contributed by atoms with van der Waals surface area (Å²) in [5.41, 5.74) is 0. The summed E-state index contributed by atoms with van der Waals surface area (Å²) in [6, 6.07) is 0. The van der Waals surface area contributed by atoms with Gasteiger partial charge >= 0.3 is 0 Å². The van der Waals surface area contributed by atoms with Gasteiger partial charge in [-0.3, -0.25) is 4.90 Å². The van der Waals surface area contributed by atoms with Crippen molar-refractivity contribution in [3.8, 4) is 0 Å². The first-order valence-corrected chi connectivity index (χ1v) is 8.27. The predicted molar refractivity (Wildman–Crippen MR) is 82.6 cm³/mol. The van der Waals surface area contributed by atoms with E-state index in [1.165, 1.54) is 45.2 Å². The van der Waals surface area contributed by atoms with E-state index >= 15 is 0 Å². The molecule has 0 aromatic carbocycles. The standard InChI is InChI=1S/C16H34N2O/c1-4-9-17-10-7-5-6-8-16-14-18(11-12-19-16)13-15(2)3/h15-17H,4-14H2,1-3H3. The Morgan fingerprint density at radius 2 is 2.05 bits per heavy atom. The number of rotatable bonds is 10. The van der Waals surface area contributed by atoms with Crippen LogP contribution in [0.3, 0.4) is 0 Å². The van der Waals surface area contributed by atoms with Crippen LogP contribution in [0.1, 0.15) is 52.9 Å². The Balaban J connectivity index is 1.99. The number of ether oxygens (including phenoxy) is 1. The van der Waals surface area contributed by atoms with Crippen molar-refractivity contribution in [2.45, 2.75) is 59.0 Å². The van der Waals surface area contributed by atoms with Gasteiger partial charge in [0.15, 0.2) is 0 Å². The van der Waals surface area contributed by atoms with E-state index in [4.69, 9.17) is 4.74 Å². The van der Waals surface area contributed by atoms with Crippen LogP contribution >= 0.6 is 0 Å². The van der Waals surface area contributed by atoms with Crippen molar-refractivity contribution in [3.05, 3.63) is 0 Å². The van der Waals surface area contributed by atoms with Crippen LogP contribution in [0.25, 0.3) is 0 Å². The van der Waals surface area contributed by atoms with Crippen molar-refractivity contribution in [3.63, 3.8) is 0 Å². The number of unbranched alkanes of at least 4 members (excludes halogenated alkanes) is 2. The van der Waals surface area contributed by atoms with E-state index in [2.05, 4.69) is 31.0 Å². The van der Waals surface area contributed by atoms with Crippen LogP contribution in [0.5, 0.6) is 0 Å². The highest BCUT2D eigenvalue weighted by molar-refractivity contribution is 4.72. The first-order chi connectivity index (χ1) is 9.22. The quantitative estimate of drug-likeness (QED) is 0.618. The Kier molecular flexibility index (Phi) is 9.48. The van der Waals surface area contributed by atoms with Gasteiger partial charge in [-0.2, -0.15) is 0 Å². The lowest BCUT2D eigenvalue weighted by atomic mass is 10.1. The van der Waals surface area contributed by atoms with E-state index in [0.717, 1.165) is 32.2 Å². The highest BCUT2D eigenvalue weighted by Gasteiger charge is 2.20. The maximum absolute atomic E-state index is 5.88. The van der Waals surface area contributed by atoms with Gasteiger partial charge in [-0.15, -0.1) is 0 Å². The van der Waals surface area contributed by atoms with Crippen LogP contribution < -0.4 is 5.32 Å². The van der Waals surface area contributed by atoms with E-state index < -0.39 is 0 Å². The fraction of sp³-hybridized carbons (Fsp3) is 1.00. The average Bonchev–Trinajstić information content (AvgIpc) is 2.37. The average molecular weight is 270 g/mol. The van der Waals surface area contributed by atoms with Gasteiger partial charge in [-0.25, -0.2) is 0 Å². The molecule has 0 saturated carbocycles. The highest BCUT2D eigenvalue weighted by atomic mass is 16.5. The molecule has 1 rings (SSSR count). The second kappa shape index (κ2) is 10.6. The van der Waals surface area contributed by atoms with E-state index in [1.54, 1.807) is 0 Å². The normalized spacial score (nSPS) is 21.2. The molecule has 1 N–H and O–H groups in total. The summed E-state index contributed by atoms with van der Waals surface area (Å²) in [6.07, 6.45) is 6.91. The number of nitrogens with zero attached hydrogens (tertiary/aromatic N) is 1. The lowest BCUT2D eigenvalue weighted by Gasteiger charge is -2.34. The van der Waals surface area contributed by atoms with E-state index in [1.807, 2.05) is 0 Å². The third-order valence-corrected chi connectivity index (χ3v) is 3.65. The first kappa shape index (κ1) is 16.9. The molecule has 0 aromatic rings. The molecule has 0 aliphatic carbocycles. The molecule has 19 heavy (non-hydrogen) atoms. The number of hydrogen-bond acceptors (Lipinski definition) is 3. The van der Waals surface area contributed by atoms with Crippen LogP contribution in [0.4, 0.5) is 0 Å². The van der Waals surface area contributed by atoms with Crippen molar-refractivity contribution in [2.75, 3.05) is 39.3 Å². The molecule has 3 heteroatoms. The minimum atomic E-state index is 0.483. The fourth-order valence-corrected chi connectivity index (χ4v) is 2.74. The minimum Gasteiger partial charge on any atom is -0.376 e. The third kappa shape index (κ3) is 8.61. The van der Waals surface area contributed by atoms with Crippen LogP contribution in [0, 0.1) is 5.92 Å². The SMILES string of the molecule is CCCNCCCCCC1CN(CC(C)C)CCO1. The van der Waals surface area contributed by atoms with Gasteiger partial charge < -0.3 is 10.1 Å². The molecule has 1 unspecified atom stereocenters. The third-order valence-electron chi connectivity index (χ3n) is 3.65. The van der Waals surface area contributed by atoms with Crippen molar-refractivity contribution in [1.29, 1.82) is 0 Å². The largest absolute Gasteiger partial charge is 0.376 e. The molecule has 0 aromatic heterocycles. The van der Waals surface area contributed by atoms with Gasteiger partial charge in [0.2, 0.25) is 0 Å². The van der Waals surface area contributed by atoms with Gasteiger partial charge in [-0.05, 0) is 38.3 Å². The number of hydrogen-bond donors (Lipinski definition) is 1. The zero-order valence-electron chi connectivity index (χ0n) is 13.3. The van der Waals surface area contributed by atoms with E-state index in [0.29, 0.717) is 6.10 Å². The Morgan fingerprint density at radius 3 is 2.79 bits per heavy atom. The van der Waals surface area contributed by atoms with E-state index in [9.17, 15) is 0 Å². The summed E-state index contributed by atoms with van der Waals surface area (Å²) in [5.74, 6) is 0.767. The first-order valence-electron chi connectivity index (χ1n) is 8.27. The van der Waals surface area contributed by atoms with Crippen molar-refractivity contribution < 1.29 is 4.74 Å². The van der Waals surface area contributed by atoms with Crippen LogP contribution in [-0.4, -0.2) is 50.3 Å². The molecule has 3 nitrogen and oxygen atoms in total. The van der Waals surface area contributed by atoms with Gasteiger partial charge in [-0.1, -0.05) is 33.6 Å². The van der Waals surface area contributed by atoms with Crippen LogP contribution in [-0.2, 0) is 4.74 Å². The summed E-state index contributed by atoms with van der Waals surface area (Å²) in [6.45, 7) is 13.6. The molecule has 0 amide bonds. The summed E-state index contributed by atoms with van der Waals surface area (Å²) in [7, 11) is 0. The smallest absolute Gasteiger partial charge is 0.0702 e. The zero-order valence-corrected chi connectivity index (χ0v) is 13.3. The van der Waals surface area contributed by atoms with Crippen LogP contribution in [0.15, 0.2) is 0 Å². The number of morpholine rings is 1. The lowest BCUT2D eigenvalue weighted by Crippen LogP contribution is -2.43. The molecule has 0 bridgehead atoms. The fourth-order valence-electron chi connectivity index (χ4n) is 2.74. The van der Waals surface area contributed by atoms with Gasteiger partial charge in [0, 0.05) is 19.6 Å². The summed E-state index contributed by atoms with van der Waals surface area (Å²) < 4.78 is 5.88. The Morgan fingerprint density at radius 1 is 1.21 bits per heavy atom. The van der Waals surface area contributed by atoms with Gasteiger partial charge in [0.25, 0.3) is 0 Å². The molecule has 1 atom stereocenters. The maximum atomic E-state index is 5.88. The molecular formula is C16H34N2O. The highest BCUT2D eigenvalue weighted by Crippen LogP contribution is 2.13. The summed E-state index contributed by atoms with van der Waals surface area (Å²) in [4.78, 5) is 2.57. The second-order valence-corrected chi connectivity index (χ2v) is 6.25. The van der Waals surface area contributed by atoms with Gasteiger partial charge in [0.05, 0.1) is 12.7 Å². The predicted octanol–water partition coefficient (Wildman–Crippen LogP) is 2.90. The molecule has 1 heterocycles. The molecule has 1 fully saturated rings. The van der Waals surface area contributed by atoms with Crippen LogP contribution in [0.2, 0.25) is 0 Å². The topological polar surface area (TPSA) is 24.5 Å². The molecule has 1 saturated heterocycles. The Bertz CT molecular complexity index is 209.